The summed E-state index contributed by atoms with van der Waals surface area (Å²) in [4.78, 5) is 3.01. The SMILES string of the molecule is CC1CCc2[nH]c3c(F)cc(Br)c(F)c3c21. The number of fused-ring (bicyclic) bond motifs is 3. The summed E-state index contributed by atoms with van der Waals surface area (Å²) in [5, 5.41) is 0.423. The highest BCUT2D eigenvalue weighted by molar-refractivity contribution is 9.10. The second kappa shape index (κ2) is 3.29. The number of H-pyrrole nitrogens is 1. The lowest BCUT2D eigenvalue weighted by molar-refractivity contribution is 0.609. The summed E-state index contributed by atoms with van der Waals surface area (Å²) in [5.74, 6) is -0.459. The van der Waals surface area contributed by atoms with E-state index in [2.05, 4.69) is 27.8 Å². The number of benzene rings is 1. The van der Waals surface area contributed by atoms with Crippen LogP contribution < -0.4 is 0 Å². The fourth-order valence-electron chi connectivity index (χ4n) is 2.59. The predicted molar refractivity (Wildman–Crippen MR) is 62.7 cm³/mol. The number of aryl methyl sites for hydroxylation is 1. The van der Waals surface area contributed by atoms with E-state index >= 15 is 0 Å². The third-order valence-electron chi connectivity index (χ3n) is 3.36. The van der Waals surface area contributed by atoms with Crippen molar-refractivity contribution in [1.29, 1.82) is 0 Å². The lowest BCUT2D eigenvalue weighted by Crippen LogP contribution is -1.90. The number of hydrogen-bond acceptors (Lipinski definition) is 0. The van der Waals surface area contributed by atoms with Crippen LogP contribution in [0.4, 0.5) is 8.78 Å². The van der Waals surface area contributed by atoms with Crippen LogP contribution in [0.25, 0.3) is 10.9 Å². The summed E-state index contributed by atoms with van der Waals surface area (Å²) in [6, 6.07) is 1.17. The summed E-state index contributed by atoms with van der Waals surface area (Å²) in [7, 11) is 0. The van der Waals surface area contributed by atoms with Crippen LogP contribution in [0.5, 0.6) is 0 Å². The second-order valence-corrected chi connectivity index (χ2v) is 5.22. The molecule has 2 aromatic rings. The highest BCUT2D eigenvalue weighted by Gasteiger charge is 2.27. The number of aromatic nitrogens is 1. The first-order valence-corrected chi connectivity index (χ1v) is 6.07. The molecule has 1 aromatic carbocycles. The average molecular weight is 286 g/mol. The molecule has 0 amide bonds. The van der Waals surface area contributed by atoms with Crippen LogP contribution in [0, 0.1) is 11.6 Å². The van der Waals surface area contributed by atoms with Crippen LogP contribution in [-0.4, -0.2) is 4.98 Å². The smallest absolute Gasteiger partial charge is 0.148 e. The highest BCUT2D eigenvalue weighted by Crippen LogP contribution is 2.41. The first-order valence-electron chi connectivity index (χ1n) is 5.27. The predicted octanol–water partition coefficient (Wildman–Crippen LogP) is 4.26. The molecule has 0 spiro atoms. The van der Waals surface area contributed by atoms with Gasteiger partial charge in [-0.3, -0.25) is 0 Å². The van der Waals surface area contributed by atoms with E-state index < -0.39 is 5.82 Å². The molecular weight excluding hydrogens is 276 g/mol. The molecule has 1 aromatic heterocycles. The van der Waals surface area contributed by atoms with E-state index in [1.54, 1.807) is 0 Å². The van der Waals surface area contributed by atoms with E-state index in [1.807, 2.05) is 0 Å². The fourth-order valence-corrected chi connectivity index (χ4v) is 2.98. The van der Waals surface area contributed by atoms with Crippen LogP contribution in [0.15, 0.2) is 10.5 Å². The average Bonchev–Trinajstić information content (AvgIpc) is 2.76. The van der Waals surface area contributed by atoms with E-state index in [0.717, 1.165) is 24.1 Å². The van der Waals surface area contributed by atoms with Gasteiger partial charge in [0.05, 0.1) is 9.99 Å². The Labute approximate surface area is 100.0 Å². The third-order valence-corrected chi connectivity index (χ3v) is 3.94. The first-order chi connectivity index (χ1) is 7.59. The molecule has 1 aliphatic rings. The Kier molecular flexibility index (Phi) is 2.11. The number of hydrogen-bond donors (Lipinski definition) is 1. The third kappa shape index (κ3) is 1.19. The van der Waals surface area contributed by atoms with Crippen molar-refractivity contribution in [2.45, 2.75) is 25.7 Å². The second-order valence-electron chi connectivity index (χ2n) is 4.36. The maximum Gasteiger partial charge on any atom is 0.148 e. The molecule has 1 heterocycles. The molecule has 4 heteroatoms. The maximum atomic E-state index is 14.0. The lowest BCUT2D eigenvalue weighted by atomic mass is 10.0. The Morgan fingerprint density at radius 2 is 2.19 bits per heavy atom. The van der Waals surface area contributed by atoms with Gasteiger partial charge >= 0.3 is 0 Å². The molecule has 0 bridgehead atoms. The molecule has 84 valence electrons. The van der Waals surface area contributed by atoms with Gasteiger partial charge in [-0.2, -0.15) is 0 Å². The van der Waals surface area contributed by atoms with Crippen molar-refractivity contribution in [3.63, 3.8) is 0 Å². The molecular formula is C12H10BrF2N. The standard InChI is InChI=1S/C12H10BrF2N/c1-5-2-3-8-9(5)10-11(15)6(13)4-7(14)12(10)16-8/h4-5,16H,2-3H2,1H3. The minimum absolute atomic E-state index is 0.193. The van der Waals surface area contributed by atoms with Crippen molar-refractivity contribution in [1.82, 2.24) is 4.98 Å². The van der Waals surface area contributed by atoms with Gasteiger partial charge in [0, 0.05) is 11.1 Å². The summed E-state index contributed by atoms with van der Waals surface area (Å²) in [6.07, 6.45) is 1.88. The van der Waals surface area contributed by atoms with Crippen molar-refractivity contribution >= 4 is 26.8 Å². The Morgan fingerprint density at radius 1 is 1.44 bits per heavy atom. The van der Waals surface area contributed by atoms with Crippen LogP contribution >= 0.6 is 15.9 Å². The van der Waals surface area contributed by atoms with Gasteiger partial charge in [-0.15, -0.1) is 0 Å². The Balaban J connectivity index is 2.48. The van der Waals surface area contributed by atoms with E-state index in [4.69, 9.17) is 0 Å². The summed E-state index contributed by atoms with van der Waals surface area (Å²) < 4.78 is 27.9. The van der Waals surface area contributed by atoms with E-state index in [0.29, 0.717) is 16.8 Å². The number of rotatable bonds is 0. The molecule has 0 radical (unpaired) electrons. The number of halogens is 3. The van der Waals surface area contributed by atoms with E-state index in [-0.39, 0.29) is 10.3 Å². The Bertz CT molecular complexity index is 588. The molecule has 3 rings (SSSR count). The minimum atomic E-state index is -0.398. The van der Waals surface area contributed by atoms with Gasteiger partial charge in [0.15, 0.2) is 0 Å². The van der Waals surface area contributed by atoms with Crippen molar-refractivity contribution in [3.05, 3.63) is 33.4 Å². The van der Waals surface area contributed by atoms with E-state index in [9.17, 15) is 8.78 Å². The summed E-state index contributed by atoms with van der Waals surface area (Å²) in [6.45, 7) is 2.05. The molecule has 16 heavy (non-hydrogen) atoms. The molecule has 0 aliphatic heterocycles. The summed E-state index contributed by atoms with van der Waals surface area (Å²) in [5.41, 5.74) is 2.24. The highest BCUT2D eigenvalue weighted by atomic mass is 79.9. The van der Waals surface area contributed by atoms with Crippen LogP contribution in [0.2, 0.25) is 0 Å². The molecule has 0 saturated carbocycles. The van der Waals surface area contributed by atoms with Gasteiger partial charge in [-0.05, 0) is 46.3 Å². The quantitative estimate of drug-likeness (QED) is 0.696. The minimum Gasteiger partial charge on any atom is -0.356 e. The molecule has 1 N–H and O–H groups in total. The van der Waals surface area contributed by atoms with Crippen molar-refractivity contribution in [2.75, 3.05) is 0 Å². The van der Waals surface area contributed by atoms with Gasteiger partial charge in [-0.1, -0.05) is 6.92 Å². The van der Waals surface area contributed by atoms with Gasteiger partial charge in [0.25, 0.3) is 0 Å². The zero-order valence-electron chi connectivity index (χ0n) is 8.70. The lowest BCUT2D eigenvalue weighted by Gasteiger charge is -2.05. The van der Waals surface area contributed by atoms with Crippen molar-refractivity contribution < 1.29 is 8.78 Å². The van der Waals surface area contributed by atoms with Crippen LogP contribution in [0.3, 0.4) is 0 Å². The van der Waals surface area contributed by atoms with Crippen molar-refractivity contribution in [3.8, 4) is 0 Å². The molecule has 1 nitrogen and oxygen atoms in total. The molecule has 0 saturated heterocycles. The topological polar surface area (TPSA) is 15.8 Å². The monoisotopic (exact) mass is 285 g/mol. The normalized spacial score (nSPS) is 19.4. The van der Waals surface area contributed by atoms with Crippen LogP contribution in [-0.2, 0) is 6.42 Å². The summed E-state index contributed by atoms with van der Waals surface area (Å²) >= 11 is 3.05. The van der Waals surface area contributed by atoms with Gasteiger partial charge in [0.1, 0.15) is 11.6 Å². The number of nitrogens with one attached hydrogen (secondary N) is 1. The molecule has 1 aliphatic carbocycles. The van der Waals surface area contributed by atoms with E-state index in [1.165, 1.54) is 6.07 Å². The van der Waals surface area contributed by atoms with Gasteiger partial charge in [-0.25, -0.2) is 8.78 Å². The Hall–Kier alpha value is -0.900. The van der Waals surface area contributed by atoms with Crippen LogP contribution in [0.1, 0.15) is 30.5 Å². The zero-order chi connectivity index (χ0) is 11.4. The molecule has 1 atom stereocenters. The fraction of sp³-hybridized carbons (Fsp3) is 0.333. The largest absolute Gasteiger partial charge is 0.356 e. The molecule has 1 unspecified atom stereocenters. The van der Waals surface area contributed by atoms with Gasteiger partial charge in [0.2, 0.25) is 0 Å². The van der Waals surface area contributed by atoms with Gasteiger partial charge < -0.3 is 4.98 Å². The molecule has 0 fully saturated rings. The maximum absolute atomic E-state index is 14.0. The Morgan fingerprint density at radius 3 is 2.94 bits per heavy atom. The first kappa shape index (κ1) is 10.3. The zero-order valence-corrected chi connectivity index (χ0v) is 10.3. The van der Waals surface area contributed by atoms with Crippen molar-refractivity contribution in [2.24, 2.45) is 0 Å². The number of aromatic amines is 1.